The standard InChI is InChI=1S/C23H23BrN4O5/c1-32-17-7-5-16(6-8-17)26-21(29)20-12-14-11-15(24)4-9-19(14)28(20)27-23(31)22(30)25-13-18-3-2-10-33-18/h4-9,11-12,18H,2-3,10,13H2,1H3,(H,25,30)(H,26,29)(H,27,31)/t18-/m0/s1. The van der Waals surface area contributed by atoms with E-state index in [9.17, 15) is 14.4 Å². The van der Waals surface area contributed by atoms with Gasteiger partial charge in [-0.1, -0.05) is 15.9 Å². The number of hydrogen-bond acceptors (Lipinski definition) is 5. The lowest BCUT2D eigenvalue weighted by atomic mass is 10.2. The van der Waals surface area contributed by atoms with Crippen molar-refractivity contribution in [3.05, 3.63) is 58.7 Å². The van der Waals surface area contributed by atoms with Gasteiger partial charge in [0.25, 0.3) is 5.91 Å². The van der Waals surface area contributed by atoms with E-state index >= 15 is 0 Å². The molecule has 10 heteroatoms. The van der Waals surface area contributed by atoms with Crippen molar-refractivity contribution in [2.45, 2.75) is 18.9 Å². The molecule has 0 unspecified atom stereocenters. The molecule has 1 fully saturated rings. The zero-order valence-corrected chi connectivity index (χ0v) is 19.5. The van der Waals surface area contributed by atoms with E-state index in [1.807, 2.05) is 6.07 Å². The highest BCUT2D eigenvalue weighted by Gasteiger charge is 2.23. The van der Waals surface area contributed by atoms with E-state index in [4.69, 9.17) is 9.47 Å². The van der Waals surface area contributed by atoms with Gasteiger partial charge in [-0.15, -0.1) is 0 Å². The van der Waals surface area contributed by atoms with Gasteiger partial charge in [0.15, 0.2) is 0 Å². The predicted octanol–water partition coefficient (Wildman–Crippen LogP) is 3.03. The SMILES string of the molecule is COc1ccc(NC(=O)c2cc3cc(Br)ccc3n2NC(=O)C(=O)NC[C@@H]2CCCO2)cc1. The molecule has 0 aliphatic carbocycles. The maximum Gasteiger partial charge on any atom is 0.328 e. The van der Waals surface area contributed by atoms with Crippen molar-refractivity contribution in [3.63, 3.8) is 0 Å². The van der Waals surface area contributed by atoms with Crippen molar-refractivity contribution in [2.24, 2.45) is 0 Å². The average molecular weight is 515 g/mol. The molecular formula is C23H23BrN4O5. The molecule has 1 atom stereocenters. The minimum absolute atomic E-state index is 0.0858. The van der Waals surface area contributed by atoms with Crippen molar-refractivity contribution in [1.82, 2.24) is 9.99 Å². The fraction of sp³-hybridized carbons (Fsp3) is 0.261. The number of hydrogen-bond donors (Lipinski definition) is 3. The van der Waals surface area contributed by atoms with Gasteiger partial charge in [-0.3, -0.25) is 19.8 Å². The molecule has 2 aromatic carbocycles. The van der Waals surface area contributed by atoms with Crippen molar-refractivity contribution in [2.75, 3.05) is 31.0 Å². The lowest BCUT2D eigenvalue weighted by Crippen LogP contribution is -2.42. The summed E-state index contributed by atoms with van der Waals surface area (Å²) in [5, 5.41) is 6.09. The van der Waals surface area contributed by atoms with E-state index in [0.29, 0.717) is 28.9 Å². The number of anilines is 1. The average Bonchev–Trinajstić information content (AvgIpc) is 3.46. The second-order valence-electron chi connectivity index (χ2n) is 7.54. The summed E-state index contributed by atoms with van der Waals surface area (Å²) in [5.74, 6) is -1.47. The van der Waals surface area contributed by atoms with E-state index in [1.165, 1.54) is 4.68 Å². The van der Waals surface area contributed by atoms with Crippen LogP contribution in [0.1, 0.15) is 23.3 Å². The molecule has 9 nitrogen and oxygen atoms in total. The number of aromatic nitrogens is 1. The van der Waals surface area contributed by atoms with Crippen LogP contribution in [0.15, 0.2) is 53.0 Å². The molecule has 0 bridgehead atoms. The predicted molar refractivity (Wildman–Crippen MR) is 127 cm³/mol. The molecule has 1 aromatic heterocycles. The van der Waals surface area contributed by atoms with Crippen LogP contribution < -0.4 is 20.8 Å². The van der Waals surface area contributed by atoms with Gasteiger partial charge in [0.2, 0.25) is 0 Å². The molecule has 0 saturated carbocycles. The first-order valence-electron chi connectivity index (χ1n) is 10.4. The van der Waals surface area contributed by atoms with E-state index in [0.717, 1.165) is 17.3 Å². The molecule has 33 heavy (non-hydrogen) atoms. The number of fused-ring (bicyclic) bond motifs is 1. The maximum absolute atomic E-state index is 13.1. The Morgan fingerprint density at radius 2 is 1.91 bits per heavy atom. The number of halogens is 1. The fourth-order valence-electron chi connectivity index (χ4n) is 3.59. The molecular weight excluding hydrogens is 492 g/mol. The molecule has 2 heterocycles. The lowest BCUT2D eigenvalue weighted by Gasteiger charge is -2.14. The van der Waals surface area contributed by atoms with Gasteiger partial charge in [-0.25, -0.2) is 4.68 Å². The van der Waals surface area contributed by atoms with Crippen molar-refractivity contribution in [1.29, 1.82) is 0 Å². The minimum Gasteiger partial charge on any atom is -0.497 e. The molecule has 172 valence electrons. The van der Waals surface area contributed by atoms with Crippen LogP contribution in [0.5, 0.6) is 5.75 Å². The summed E-state index contributed by atoms with van der Waals surface area (Å²) < 4.78 is 12.7. The number of methoxy groups -OCH3 is 1. The number of carbonyl (C=O) groups excluding carboxylic acids is 3. The second-order valence-corrected chi connectivity index (χ2v) is 8.45. The number of nitrogens with one attached hydrogen (secondary N) is 3. The number of carbonyl (C=O) groups is 3. The van der Waals surface area contributed by atoms with Crippen molar-refractivity contribution in [3.8, 4) is 5.75 Å². The van der Waals surface area contributed by atoms with E-state index in [2.05, 4.69) is 32.0 Å². The Morgan fingerprint density at radius 1 is 1.12 bits per heavy atom. The number of nitrogens with zero attached hydrogens (tertiary/aromatic N) is 1. The van der Waals surface area contributed by atoms with Crippen LogP contribution in [-0.2, 0) is 14.3 Å². The van der Waals surface area contributed by atoms with Crippen LogP contribution in [0, 0.1) is 0 Å². The summed E-state index contributed by atoms with van der Waals surface area (Å²) >= 11 is 3.41. The van der Waals surface area contributed by atoms with Crippen LogP contribution in [0.3, 0.4) is 0 Å². The monoisotopic (exact) mass is 514 g/mol. The third kappa shape index (κ3) is 5.35. The smallest absolute Gasteiger partial charge is 0.328 e. The zero-order chi connectivity index (χ0) is 23.4. The van der Waals surface area contributed by atoms with Crippen LogP contribution in [0.2, 0.25) is 0 Å². The topological polar surface area (TPSA) is 111 Å². The largest absolute Gasteiger partial charge is 0.497 e. The molecule has 0 radical (unpaired) electrons. The molecule has 3 N–H and O–H groups in total. The number of rotatable bonds is 6. The van der Waals surface area contributed by atoms with Crippen molar-refractivity contribution < 1.29 is 23.9 Å². The molecule has 3 amide bonds. The Labute approximate surface area is 198 Å². The Hall–Kier alpha value is -3.37. The van der Waals surface area contributed by atoms with Gasteiger partial charge in [0.05, 0.1) is 18.7 Å². The molecule has 4 rings (SSSR count). The first-order chi connectivity index (χ1) is 15.9. The Kier molecular flexibility index (Phi) is 6.95. The van der Waals surface area contributed by atoms with E-state index < -0.39 is 17.7 Å². The van der Waals surface area contributed by atoms with Gasteiger partial charge in [0.1, 0.15) is 11.4 Å². The van der Waals surface area contributed by atoms with Gasteiger partial charge < -0.3 is 20.1 Å². The second kappa shape index (κ2) is 10.1. The fourth-order valence-corrected chi connectivity index (χ4v) is 3.97. The molecule has 0 spiro atoms. The maximum atomic E-state index is 13.1. The van der Waals surface area contributed by atoms with Crippen LogP contribution in [0.25, 0.3) is 10.9 Å². The first-order valence-corrected chi connectivity index (χ1v) is 11.2. The third-order valence-electron chi connectivity index (χ3n) is 5.28. The van der Waals surface area contributed by atoms with E-state index in [-0.39, 0.29) is 18.3 Å². The highest BCUT2D eigenvalue weighted by Crippen LogP contribution is 2.24. The highest BCUT2D eigenvalue weighted by atomic mass is 79.9. The molecule has 1 aliphatic heterocycles. The summed E-state index contributed by atoms with van der Waals surface area (Å²) in [6.45, 7) is 0.917. The van der Waals surface area contributed by atoms with Crippen LogP contribution >= 0.6 is 15.9 Å². The number of amides is 3. The van der Waals surface area contributed by atoms with Crippen LogP contribution in [-0.4, -0.2) is 48.8 Å². The Bertz CT molecular complexity index is 1190. The molecule has 1 aliphatic rings. The summed E-state index contributed by atoms with van der Waals surface area (Å²) in [5.41, 5.74) is 3.83. The van der Waals surface area contributed by atoms with Gasteiger partial charge in [-0.05, 0) is 61.4 Å². The number of ether oxygens (including phenoxy) is 2. The highest BCUT2D eigenvalue weighted by molar-refractivity contribution is 9.10. The van der Waals surface area contributed by atoms with Crippen LogP contribution in [0.4, 0.5) is 5.69 Å². The van der Waals surface area contributed by atoms with Gasteiger partial charge >= 0.3 is 11.8 Å². The summed E-state index contributed by atoms with van der Waals surface area (Å²) in [7, 11) is 1.56. The summed E-state index contributed by atoms with van der Waals surface area (Å²) in [6.07, 6.45) is 1.69. The summed E-state index contributed by atoms with van der Waals surface area (Å²) in [6, 6.07) is 13.9. The lowest BCUT2D eigenvalue weighted by molar-refractivity contribution is -0.136. The first kappa shape index (κ1) is 22.8. The van der Waals surface area contributed by atoms with Crippen molar-refractivity contribution >= 4 is 50.2 Å². The normalized spacial score (nSPS) is 15.3. The Morgan fingerprint density at radius 3 is 2.61 bits per heavy atom. The Balaban J connectivity index is 1.55. The molecule has 3 aromatic rings. The quantitative estimate of drug-likeness (QED) is 0.438. The third-order valence-corrected chi connectivity index (χ3v) is 5.77. The number of benzene rings is 2. The van der Waals surface area contributed by atoms with Gasteiger partial charge in [0, 0.05) is 28.7 Å². The zero-order valence-electron chi connectivity index (χ0n) is 17.9. The van der Waals surface area contributed by atoms with Gasteiger partial charge in [-0.2, -0.15) is 0 Å². The van der Waals surface area contributed by atoms with E-state index in [1.54, 1.807) is 49.6 Å². The minimum atomic E-state index is -0.882. The molecule has 1 saturated heterocycles. The summed E-state index contributed by atoms with van der Waals surface area (Å²) in [4.78, 5) is 38.0.